The second-order valence-corrected chi connectivity index (χ2v) is 7.97. The first-order valence-electron chi connectivity index (χ1n) is 8.90. The molecule has 3 aliphatic rings. The number of hydrogen-bond donors (Lipinski definition) is 0. The molecule has 0 N–H and O–H groups in total. The summed E-state index contributed by atoms with van der Waals surface area (Å²) in [5, 5.41) is 9.55. The molecule has 3 fully saturated rings. The van der Waals surface area contributed by atoms with Crippen LogP contribution >= 0.6 is 11.6 Å². The van der Waals surface area contributed by atoms with E-state index in [4.69, 9.17) is 16.0 Å². The van der Waals surface area contributed by atoms with Gasteiger partial charge in [-0.3, -0.25) is 9.88 Å². The Balaban J connectivity index is 1.40. The van der Waals surface area contributed by atoms with E-state index in [1.54, 1.807) is 0 Å². The fourth-order valence-corrected chi connectivity index (χ4v) is 4.72. The van der Waals surface area contributed by atoms with E-state index >= 15 is 0 Å². The van der Waals surface area contributed by atoms with Gasteiger partial charge in [-0.1, -0.05) is 18.0 Å². The van der Waals surface area contributed by atoms with E-state index in [9.17, 15) is 0 Å². The summed E-state index contributed by atoms with van der Waals surface area (Å²) in [6.07, 6.45) is 7.85. The Hall–Kier alpha value is -1.46. The van der Waals surface area contributed by atoms with Crippen molar-refractivity contribution in [2.45, 2.75) is 50.0 Å². The van der Waals surface area contributed by atoms with E-state index in [2.05, 4.69) is 20.1 Å². The van der Waals surface area contributed by atoms with E-state index in [1.165, 1.54) is 25.7 Å². The Labute approximate surface area is 146 Å². The molecule has 2 aromatic heterocycles. The summed E-state index contributed by atoms with van der Waals surface area (Å²) in [5.74, 6) is 2.86. The Morgan fingerprint density at radius 2 is 2.21 bits per heavy atom. The van der Waals surface area contributed by atoms with E-state index in [-0.39, 0.29) is 5.41 Å². The standard InChI is InChI=1S/C18H21ClN4O/c19-14-4-2-8-20-15(14)10-23-9-13-3-1-7-18(13,11-23)17-22-21-16(24-17)12-5-6-12/h2,4,8,12-13H,1,3,5-7,9-11H2/t13-,18-/m0/s1. The number of rotatable bonds is 4. The maximum atomic E-state index is 6.29. The van der Waals surface area contributed by atoms with E-state index in [1.807, 2.05) is 18.3 Å². The number of pyridine rings is 1. The average Bonchev–Trinajstić information content (AvgIpc) is 3.02. The lowest BCUT2D eigenvalue weighted by Crippen LogP contribution is -2.32. The van der Waals surface area contributed by atoms with Crippen molar-refractivity contribution < 1.29 is 4.42 Å². The van der Waals surface area contributed by atoms with Crippen molar-refractivity contribution in [3.8, 4) is 0 Å². The molecule has 0 spiro atoms. The van der Waals surface area contributed by atoms with Gasteiger partial charge in [0.15, 0.2) is 0 Å². The smallest absolute Gasteiger partial charge is 0.224 e. The van der Waals surface area contributed by atoms with Gasteiger partial charge >= 0.3 is 0 Å². The van der Waals surface area contributed by atoms with Gasteiger partial charge in [-0.05, 0) is 43.7 Å². The number of nitrogens with zero attached hydrogens (tertiary/aromatic N) is 4. The van der Waals surface area contributed by atoms with Crippen molar-refractivity contribution in [3.63, 3.8) is 0 Å². The zero-order chi connectivity index (χ0) is 16.1. The molecule has 0 unspecified atom stereocenters. The lowest BCUT2D eigenvalue weighted by molar-refractivity contribution is 0.262. The van der Waals surface area contributed by atoms with Gasteiger partial charge < -0.3 is 4.42 Å². The van der Waals surface area contributed by atoms with Crippen LogP contribution in [0.25, 0.3) is 0 Å². The van der Waals surface area contributed by atoms with Crippen molar-refractivity contribution in [1.82, 2.24) is 20.1 Å². The summed E-state index contributed by atoms with van der Waals surface area (Å²) < 4.78 is 6.13. The average molecular weight is 345 g/mol. The predicted octanol–water partition coefficient (Wildman–Crippen LogP) is 3.55. The van der Waals surface area contributed by atoms with Crippen molar-refractivity contribution in [2.24, 2.45) is 5.92 Å². The lowest BCUT2D eigenvalue weighted by Gasteiger charge is -2.24. The molecule has 2 atom stereocenters. The van der Waals surface area contributed by atoms with Crippen LogP contribution in [0, 0.1) is 5.92 Å². The second kappa shape index (κ2) is 5.53. The molecule has 0 bridgehead atoms. The largest absolute Gasteiger partial charge is 0.424 e. The lowest BCUT2D eigenvalue weighted by atomic mass is 9.80. The fourth-order valence-electron chi connectivity index (χ4n) is 4.54. The fraction of sp³-hybridized carbons (Fsp3) is 0.611. The van der Waals surface area contributed by atoms with Crippen molar-refractivity contribution in [2.75, 3.05) is 13.1 Å². The highest BCUT2D eigenvalue weighted by Crippen LogP contribution is 2.51. The SMILES string of the molecule is Clc1cccnc1CN1C[C@@H]2CCC[C@]2(c2nnc(C3CC3)o2)C1. The van der Waals surface area contributed by atoms with Crippen LogP contribution in [-0.2, 0) is 12.0 Å². The molecule has 3 heterocycles. The summed E-state index contributed by atoms with van der Waals surface area (Å²) in [6, 6.07) is 3.79. The maximum Gasteiger partial charge on any atom is 0.224 e. The molecule has 0 amide bonds. The number of likely N-dealkylation sites (tertiary alicyclic amines) is 1. The van der Waals surface area contributed by atoms with Gasteiger partial charge in [0.05, 0.1) is 16.1 Å². The van der Waals surface area contributed by atoms with Gasteiger partial charge in [-0.15, -0.1) is 10.2 Å². The van der Waals surface area contributed by atoms with Crippen LogP contribution in [0.3, 0.4) is 0 Å². The molecule has 0 radical (unpaired) electrons. The van der Waals surface area contributed by atoms with E-state index in [0.29, 0.717) is 11.8 Å². The predicted molar refractivity (Wildman–Crippen MR) is 89.8 cm³/mol. The molecule has 0 aromatic carbocycles. The Kier molecular flexibility index (Phi) is 3.42. The van der Waals surface area contributed by atoms with Crippen molar-refractivity contribution in [3.05, 3.63) is 40.8 Å². The molecular formula is C18H21ClN4O. The van der Waals surface area contributed by atoms with Crippen LogP contribution in [0.15, 0.2) is 22.7 Å². The minimum Gasteiger partial charge on any atom is -0.424 e. The molecule has 2 aromatic rings. The second-order valence-electron chi connectivity index (χ2n) is 7.57. The van der Waals surface area contributed by atoms with E-state index in [0.717, 1.165) is 48.6 Å². The molecule has 6 heteroatoms. The summed E-state index contributed by atoms with van der Waals surface area (Å²) >= 11 is 6.29. The Bertz CT molecular complexity index is 759. The Morgan fingerprint density at radius 1 is 1.29 bits per heavy atom. The first-order chi connectivity index (χ1) is 11.7. The number of halogens is 1. The number of fused-ring (bicyclic) bond motifs is 1. The first-order valence-corrected chi connectivity index (χ1v) is 9.28. The number of hydrogen-bond acceptors (Lipinski definition) is 5. The highest BCUT2D eigenvalue weighted by atomic mass is 35.5. The third-order valence-electron chi connectivity index (χ3n) is 5.94. The minimum absolute atomic E-state index is 0.0431. The highest BCUT2D eigenvalue weighted by Gasteiger charge is 2.54. The van der Waals surface area contributed by atoms with Gasteiger partial charge in [-0.2, -0.15) is 0 Å². The van der Waals surface area contributed by atoms with Gasteiger partial charge in [0, 0.05) is 31.7 Å². The first kappa shape index (κ1) is 14.8. The normalized spacial score (nSPS) is 30.0. The molecule has 24 heavy (non-hydrogen) atoms. The quantitative estimate of drug-likeness (QED) is 0.849. The van der Waals surface area contributed by atoms with Crippen molar-refractivity contribution in [1.29, 1.82) is 0 Å². The summed E-state index contributed by atoms with van der Waals surface area (Å²) in [4.78, 5) is 6.90. The third kappa shape index (κ3) is 2.37. The van der Waals surface area contributed by atoms with Gasteiger partial charge in [-0.25, -0.2) is 0 Å². The van der Waals surface area contributed by atoms with Crippen LogP contribution in [-0.4, -0.2) is 33.2 Å². The monoisotopic (exact) mass is 344 g/mol. The van der Waals surface area contributed by atoms with Crippen LogP contribution in [0.4, 0.5) is 0 Å². The summed E-state index contributed by atoms with van der Waals surface area (Å²) in [7, 11) is 0. The van der Waals surface area contributed by atoms with Gasteiger partial charge in [0.1, 0.15) is 0 Å². The molecule has 1 aliphatic heterocycles. The van der Waals surface area contributed by atoms with Crippen LogP contribution in [0.5, 0.6) is 0 Å². The zero-order valence-electron chi connectivity index (χ0n) is 13.6. The highest BCUT2D eigenvalue weighted by molar-refractivity contribution is 6.31. The molecule has 5 rings (SSSR count). The van der Waals surface area contributed by atoms with Crippen LogP contribution in [0.1, 0.15) is 55.5 Å². The van der Waals surface area contributed by atoms with Gasteiger partial charge in [0.2, 0.25) is 11.8 Å². The molecular weight excluding hydrogens is 324 g/mol. The van der Waals surface area contributed by atoms with Gasteiger partial charge in [0.25, 0.3) is 0 Å². The molecule has 5 nitrogen and oxygen atoms in total. The van der Waals surface area contributed by atoms with E-state index < -0.39 is 0 Å². The van der Waals surface area contributed by atoms with Crippen LogP contribution in [0.2, 0.25) is 5.02 Å². The Morgan fingerprint density at radius 3 is 3.04 bits per heavy atom. The summed E-state index contributed by atoms with van der Waals surface area (Å²) in [5.41, 5.74) is 1.000. The molecule has 1 saturated heterocycles. The summed E-state index contributed by atoms with van der Waals surface area (Å²) in [6.45, 7) is 2.83. The van der Waals surface area contributed by atoms with Crippen LogP contribution < -0.4 is 0 Å². The molecule has 2 saturated carbocycles. The molecule has 2 aliphatic carbocycles. The third-order valence-corrected chi connectivity index (χ3v) is 6.29. The maximum absolute atomic E-state index is 6.29. The number of aromatic nitrogens is 3. The zero-order valence-corrected chi connectivity index (χ0v) is 14.4. The molecule has 126 valence electrons. The minimum atomic E-state index is 0.0431. The topological polar surface area (TPSA) is 55.1 Å². The van der Waals surface area contributed by atoms with Crippen molar-refractivity contribution >= 4 is 11.6 Å².